The number of aromatic nitrogens is 3. The van der Waals surface area contributed by atoms with Crippen molar-refractivity contribution in [3.8, 4) is 39.3 Å². The maximum atomic E-state index is 7.06. The van der Waals surface area contributed by atoms with E-state index in [1.165, 1.54) is 43.7 Å². The van der Waals surface area contributed by atoms with E-state index in [0.717, 1.165) is 22.4 Å². The molecule has 0 unspecified atom stereocenters. The Morgan fingerprint density at radius 3 is 1.92 bits per heavy atom. The van der Waals surface area contributed by atoms with Crippen molar-refractivity contribution in [2.24, 2.45) is 0 Å². The Balaban J connectivity index is 1.21. The van der Waals surface area contributed by atoms with Crippen LogP contribution >= 0.6 is 0 Å². The molecule has 0 fully saturated rings. The predicted octanol–water partition coefficient (Wildman–Crippen LogP) is 8.59. The van der Waals surface area contributed by atoms with Crippen molar-refractivity contribution in [2.45, 2.75) is 0 Å². The predicted molar refractivity (Wildman–Crippen MR) is 150 cm³/mol. The van der Waals surface area contributed by atoms with Crippen LogP contribution < -0.4 is 0 Å². The Kier molecular flexibility index (Phi) is 3.98. The molecule has 1 aliphatic carbocycles. The Morgan fingerprint density at radius 2 is 1.19 bits per heavy atom. The van der Waals surface area contributed by atoms with E-state index < -0.39 is 0 Å². The Morgan fingerprint density at radius 1 is 0.568 bits per heavy atom. The summed E-state index contributed by atoms with van der Waals surface area (Å²) in [5.74, 6) is 0.622. The largest absolute Gasteiger partial charge is 0.309 e. The highest BCUT2D eigenvalue weighted by Gasteiger charge is 2.24. The second-order valence-corrected chi connectivity index (χ2v) is 9.40. The van der Waals surface area contributed by atoms with Crippen LogP contribution in [0.1, 0.15) is 0 Å². The lowest BCUT2D eigenvalue weighted by atomic mass is 10.0. The lowest BCUT2D eigenvalue weighted by Gasteiger charge is -2.12. The van der Waals surface area contributed by atoms with Gasteiger partial charge in [0.1, 0.15) is 0 Å². The van der Waals surface area contributed by atoms with E-state index in [0.29, 0.717) is 11.5 Å². The van der Waals surface area contributed by atoms with E-state index in [-0.39, 0.29) is 0 Å². The molecule has 7 aromatic rings. The molecule has 4 nitrogen and oxygen atoms in total. The van der Waals surface area contributed by atoms with Crippen LogP contribution in [0, 0.1) is 6.57 Å². The molecule has 0 spiro atoms. The van der Waals surface area contributed by atoms with Gasteiger partial charge in [-0.2, -0.15) is 0 Å². The standard InChI is InChI=1S/C33H18N4/c1-34-24-18-35-33(36-19-24)23-10-8-20(9-11-23)21-12-15-25(16-13-21)37-28-7-3-6-27-26-5-2-4-22-14-17-29(37)32(30(22)26)31(27)28/h2-19H. The lowest BCUT2D eigenvalue weighted by Crippen LogP contribution is -1.95. The topological polar surface area (TPSA) is 35.1 Å². The van der Waals surface area contributed by atoms with Crippen molar-refractivity contribution in [3.05, 3.63) is 121 Å². The summed E-state index contributed by atoms with van der Waals surface area (Å²) in [6.45, 7) is 7.06. The molecule has 1 aliphatic rings. The van der Waals surface area contributed by atoms with Crippen LogP contribution in [-0.4, -0.2) is 14.5 Å². The van der Waals surface area contributed by atoms with Crippen LogP contribution in [0.25, 0.3) is 76.8 Å². The van der Waals surface area contributed by atoms with Gasteiger partial charge >= 0.3 is 0 Å². The van der Waals surface area contributed by atoms with Gasteiger partial charge in [-0.3, -0.25) is 0 Å². The first-order valence-electron chi connectivity index (χ1n) is 12.2. The van der Waals surface area contributed by atoms with E-state index >= 15 is 0 Å². The molecule has 0 bridgehead atoms. The fourth-order valence-corrected chi connectivity index (χ4v) is 5.80. The molecule has 0 radical (unpaired) electrons. The smallest absolute Gasteiger partial charge is 0.222 e. The van der Waals surface area contributed by atoms with E-state index in [1.54, 1.807) is 12.4 Å². The number of hydrogen-bond acceptors (Lipinski definition) is 2. The zero-order valence-electron chi connectivity index (χ0n) is 19.7. The number of fused-ring (bicyclic) bond motifs is 1. The summed E-state index contributed by atoms with van der Waals surface area (Å²) in [5.41, 5.74) is 9.99. The molecular weight excluding hydrogens is 452 g/mol. The Labute approximate surface area is 212 Å². The number of benzene rings is 5. The lowest BCUT2D eigenvalue weighted by molar-refractivity contribution is 1.18. The van der Waals surface area contributed by atoms with Crippen LogP contribution in [0.15, 0.2) is 109 Å². The van der Waals surface area contributed by atoms with Gasteiger partial charge in [-0.05, 0) is 57.3 Å². The third-order valence-electron chi connectivity index (χ3n) is 7.46. The number of hydrogen-bond donors (Lipinski definition) is 0. The first-order chi connectivity index (χ1) is 18.3. The quantitative estimate of drug-likeness (QED) is 0.242. The van der Waals surface area contributed by atoms with Gasteiger partial charge in [0.25, 0.3) is 0 Å². The van der Waals surface area contributed by atoms with Crippen molar-refractivity contribution >= 4 is 38.3 Å². The molecule has 0 saturated heterocycles. The van der Waals surface area contributed by atoms with Crippen molar-refractivity contribution in [2.75, 3.05) is 0 Å². The molecule has 0 saturated carbocycles. The average molecular weight is 471 g/mol. The fraction of sp³-hybridized carbons (Fsp3) is 0. The zero-order valence-corrected chi connectivity index (χ0v) is 19.7. The molecule has 8 rings (SSSR count). The maximum Gasteiger partial charge on any atom is 0.222 e. The van der Waals surface area contributed by atoms with Crippen molar-refractivity contribution in [1.82, 2.24) is 14.5 Å². The molecule has 170 valence electrons. The molecule has 2 aromatic heterocycles. The van der Waals surface area contributed by atoms with Gasteiger partial charge < -0.3 is 4.57 Å². The SMILES string of the molecule is [C-]#[N+]c1cnc(-c2ccc(-c3ccc(-n4c5cccc6c5c5c7c-6cccc7ccc54)cc3)cc2)nc1. The molecule has 5 aromatic carbocycles. The first-order valence-corrected chi connectivity index (χ1v) is 12.2. The Bertz CT molecular complexity index is 2060. The molecule has 0 N–H and O–H groups in total. The van der Waals surface area contributed by atoms with Gasteiger partial charge in [-0.15, -0.1) is 0 Å². The van der Waals surface area contributed by atoms with Gasteiger partial charge in [0, 0.05) is 34.4 Å². The Hall–Kier alpha value is -5.27. The molecular formula is C33H18N4. The van der Waals surface area contributed by atoms with E-state index in [4.69, 9.17) is 6.57 Å². The van der Waals surface area contributed by atoms with Crippen molar-refractivity contribution in [1.29, 1.82) is 0 Å². The van der Waals surface area contributed by atoms with Crippen LogP contribution in [0.2, 0.25) is 0 Å². The molecule has 0 amide bonds. The van der Waals surface area contributed by atoms with E-state index in [9.17, 15) is 0 Å². The summed E-state index contributed by atoms with van der Waals surface area (Å²) in [6.07, 6.45) is 3.12. The zero-order chi connectivity index (χ0) is 24.5. The molecule has 0 aliphatic heterocycles. The minimum atomic E-state index is 0.444. The molecule has 2 heterocycles. The van der Waals surface area contributed by atoms with E-state index in [1.807, 2.05) is 12.1 Å². The van der Waals surface area contributed by atoms with Gasteiger partial charge in [0.2, 0.25) is 5.69 Å². The van der Waals surface area contributed by atoms with Gasteiger partial charge in [-0.25, -0.2) is 14.8 Å². The van der Waals surface area contributed by atoms with Crippen molar-refractivity contribution in [3.63, 3.8) is 0 Å². The maximum absolute atomic E-state index is 7.06. The highest BCUT2D eigenvalue weighted by atomic mass is 15.0. The van der Waals surface area contributed by atoms with Crippen LogP contribution in [0.4, 0.5) is 5.69 Å². The fourth-order valence-electron chi connectivity index (χ4n) is 5.80. The molecule has 4 heteroatoms. The monoisotopic (exact) mass is 470 g/mol. The normalized spacial score (nSPS) is 11.8. The summed E-state index contributed by atoms with van der Waals surface area (Å²) in [6, 6.07) is 34.8. The van der Waals surface area contributed by atoms with Crippen LogP contribution in [0.5, 0.6) is 0 Å². The molecule has 37 heavy (non-hydrogen) atoms. The first kappa shape index (κ1) is 20.0. The van der Waals surface area contributed by atoms with Crippen LogP contribution in [0.3, 0.4) is 0 Å². The summed E-state index contributed by atoms with van der Waals surface area (Å²) in [5, 5.41) is 5.39. The number of rotatable bonds is 3. The van der Waals surface area contributed by atoms with Crippen molar-refractivity contribution < 1.29 is 0 Å². The summed E-state index contributed by atoms with van der Waals surface area (Å²) < 4.78 is 2.39. The second-order valence-electron chi connectivity index (χ2n) is 9.40. The molecule has 0 atom stereocenters. The minimum absolute atomic E-state index is 0.444. The summed E-state index contributed by atoms with van der Waals surface area (Å²) >= 11 is 0. The van der Waals surface area contributed by atoms with E-state index in [2.05, 4.69) is 104 Å². The van der Waals surface area contributed by atoms with Gasteiger partial charge in [-0.1, -0.05) is 72.8 Å². The highest BCUT2D eigenvalue weighted by Crippen LogP contribution is 2.49. The third-order valence-corrected chi connectivity index (χ3v) is 7.46. The minimum Gasteiger partial charge on any atom is -0.309 e. The third kappa shape index (κ3) is 2.77. The summed E-state index contributed by atoms with van der Waals surface area (Å²) in [4.78, 5) is 12.0. The second kappa shape index (κ2) is 7.36. The van der Waals surface area contributed by atoms with Gasteiger partial charge in [0.05, 0.1) is 17.6 Å². The summed E-state index contributed by atoms with van der Waals surface area (Å²) in [7, 11) is 0. The number of nitrogens with zero attached hydrogens (tertiary/aromatic N) is 4. The van der Waals surface area contributed by atoms with Crippen LogP contribution in [-0.2, 0) is 0 Å². The highest BCUT2D eigenvalue weighted by molar-refractivity contribution is 6.33. The average Bonchev–Trinajstić information content (AvgIpc) is 3.50. The van der Waals surface area contributed by atoms with Gasteiger partial charge in [0.15, 0.2) is 5.82 Å².